The Morgan fingerprint density at radius 3 is 2.37 bits per heavy atom. The van der Waals surface area contributed by atoms with Gasteiger partial charge in [-0.05, 0) is 82.6 Å². The summed E-state index contributed by atoms with van der Waals surface area (Å²) in [5.74, 6) is -0.902. The first kappa shape index (κ1) is 27.8. The van der Waals surface area contributed by atoms with Crippen LogP contribution in [0.2, 0.25) is 0 Å². The van der Waals surface area contributed by atoms with Crippen LogP contribution >= 0.6 is 0 Å². The minimum Gasteiger partial charge on any atom is -0.496 e. The minimum atomic E-state index is -1.10. The fourth-order valence-corrected chi connectivity index (χ4v) is 8.15. The summed E-state index contributed by atoms with van der Waals surface area (Å²) in [7, 11) is 1.43. The largest absolute Gasteiger partial charge is 0.496 e. The van der Waals surface area contributed by atoms with Crippen LogP contribution in [0.3, 0.4) is 0 Å². The van der Waals surface area contributed by atoms with Gasteiger partial charge in [-0.1, -0.05) is 0 Å². The van der Waals surface area contributed by atoms with E-state index in [4.69, 9.17) is 9.47 Å². The number of carbonyl (C=O) groups is 3. The maximum atomic E-state index is 14.4. The Morgan fingerprint density at radius 2 is 1.78 bits per heavy atom. The highest BCUT2D eigenvalue weighted by Crippen LogP contribution is 2.57. The van der Waals surface area contributed by atoms with Crippen LogP contribution in [0.15, 0.2) is 12.1 Å². The van der Waals surface area contributed by atoms with Gasteiger partial charge in [-0.3, -0.25) is 14.4 Å². The van der Waals surface area contributed by atoms with Gasteiger partial charge in [-0.25, -0.2) is 4.39 Å². The van der Waals surface area contributed by atoms with E-state index in [1.807, 2.05) is 0 Å². The molecule has 6 rings (SSSR count). The van der Waals surface area contributed by atoms with Gasteiger partial charge in [-0.15, -0.1) is 0 Å². The summed E-state index contributed by atoms with van der Waals surface area (Å²) >= 11 is 0. The smallest absolute Gasteiger partial charge is 0.309 e. The van der Waals surface area contributed by atoms with Gasteiger partial charge in [0.2, 0.25) is 5.91 Å². The number of rotatable bonds is 8. The molecule has 1 aromatic rings. The van der Waals surface area contributed by atoms with Crippen molar-refractivity contribution in [3.8, 4) is 17.6 Å². The van der Waals surface area contributed by atoms with Gasteiger partial charge in [0.25, 0.3) is 5.91 Å². The fraction of sp³-hybridized carbons (Fsp3) is 0.677. The van der Waals surface area contributed by atoms with Crippen LogP contribution in [-0.2, 0) is 9.59 Å². The number of halogens is 1. The average molecular weight is 568 g/mol. The van der Waals surface area contributed by atoms with E-state index in [2.05, 4.69) is 16.7 Å². The number of hydrogen-bond acceptors (Lipinski definition) is 6. The van der Waals surface area contributed by atoms with Crippen LogP contribution in [0, 0.1) is 40.4 Å². The van der Waals surface area contributed by atoms with Crippen molar-refractivity contribution >= 4 is 17.8 Å². The Balaban J connectivity index is 1.17. The van der Waals surface area contributed by atoms with Crippen LogP contribution in [0.25, 0.3) is 0 Å². The highest BCUT2D eigenvalue weighted by Gasteiger charge is 2.62. The van der Waals surface area contributed by atoms with Gasteiger partial charge >= 0.3 is 5.97 Å². The van der Waals surface area contributed by atoms with E-state index < -0.39 is 23.0 Å². The maximum Gasteiger partial charge on any atom is 0.309 e. The molecule has 10 heteroatoms. The summed E-state index contributed by atoms with van der Waals surface area (Å²) < 4.78 is 26.1. The molecule has 2 bridgehead atoms. The first-order chi connectivity index (χ1) is 19.5. The standard InChI is InChI=1S/C31H38FN3O6/c1-30(29(38)39)8-5-19(6-9-30)41-23-13-20(24(40-2)12-18(23)15-33)27(36)35-26-17-4-3-16(11-17)25(26)28(37)34-22-14-31(32)10-7-21(22)31/h12-13,16-17,19,21-22,25-26H,3-11,14H2,1-2H3,(H,34,37)(H,35,36)(H,38,39)/t16-,17+,19-,21?,22?,25+,26-,30+,31?/m1/s1. The van der Waals surface area contributed by atoms with Crippen molar-refractivity contribution in [1.82, 2.24) is 10.6 Å². The maximum absolute atomic E-state index is 14.4. The lowest BCUT2D eigenvalue weighted by molar-refractivity contribution is -0.151. The summed E-state index contributed by atoms with van der Waals surface area (Å²) in [4.78, 5) is 38.7. The number of nitriles is 1. The lowest BCUT2D eigenvalue weighted by Gasteiger charge is -2.58. The molecule has 0 radical (unpaired) electrons. The van der Waals surface area contributed by atoms with Crippen LogP contribution in [0.4, 0.5) is 4.39 Å². The van der Waals surface area contributed by atoms with Crippen molar-refractivity contribution in [2.24, 2.45) is 29.1 Å². The first-order valence-corrected chi connectivity index (χ1v) is 14.9. The number of carbonyl (C=O) groups excluding carboxylic acids is 2. The Morgan fingerprint density at radius 1 is 1.05 bits per heavy atom. The number of aliphatic carboxylic acids is 1. The molecule has 41 heavy (non-hydrogen) atoms. The van der Waals surface area contributed by atoms with Gasteiger partial charge < -0.3 is 25.2 Å². The Hall–Kier alpha value is -3.35. The van der Waals surface area contributed by atoms with Crippen molar-refractivity contribution in [1.29, 1.82) is 5.26 Å². The van der Waals surface area contributed by atoms with Gasteiger partial charge in [0.1, 0.15) is 23.2 Å². The lowest BCUT2D eigenvalue weighted by atomic mass is 9.54. The van der Waals surface area contributed by atoms with Crippen molar-refractivity contribution in [2.45, 2.75) is 95.0 Å². The molecule has 0 saturated heterocycles. The molecular weight excluding hydrogens is 529 g/mol. The molecule has 5 fully saturated rings. The molecule has 0 spiro atoms. The van der Waals surface area contributed by atoms with Gasteiger partial charge in [0.15, 0.2) is 0 Å². The molecule has 3 unspecified atom stereocenters. The Kier molecular flexibility index (Phi) is 6.90. The molecule has 0 heterocycles. The summed E-state index contributed by atoms with van der Waals surface area (Å²) in [5, 5.41) is 25.5. The van der Waals surface area contributed by atoms with Crippen molar-refractivity contribution in [3.63, 3.8) is 0 Å². The van der Waals surface area contributed by atoms with Crippen LogP contribution < -0.4 is 20.1 Å². The minimum absolute atomic E-state index is 0.0820. The van der Waals surface area contributed by atoms with Crippen molar-refractivity contribution in [3.05, 3.63) is 23.3 Å². The first-order valence-electron chi connectivity index (χ1n) is 14.9. The predicted molar refractivity (Wildman–Crippen MR) is 145 cm³/mol. The number of amides is 2. The number of fused-ring (bicyclic) bond motifs is 3. The molecule has 0 aliphatic heterocycles. The quantitative estimate of drug-likeness (QED) is 0.429. The number of alkyl halides is 1. The van der Waals surface area contributed by atoms with E-state index >= 15 is 0 Å². The molecule has 220 valence electrons. The van der Waals surface area contributed by atoms with E-state index in [1.54, 1.807) is 6.92 Å². The van der Waals surface area contributed by atoms with Gasteiger partial charge in [0.05, 0.1) is 35.7 Å². The van der Waals surface area contributed by atoms with Gasteiger partial charge in [0, 0.05) is 30.5 Å². The lowest BCUT2D eigenvalue weighted by Crippen LogP contribution is -2.67. The molecule has 9 nitrogen and oxygen atoms in total. The average Bonchev–Trinajstić information content (AvgIpc) is 3.55. The third-order valence-corrected chi connectivity index (χ3v) is 10.9. The third kappa shape index (κ3) is 4.71. The number of methoxy groups -OCH3 is 1. The summed E-state index contributed by atoms with van der Waals surface area (Å²) in [5.41, 5.74) is -1.45. The normalized spacial score (nSPS) is 38.4. The molecule has 5 saturated carbocycles. The summed E-state index contributed by atoms with van der Waals surface area (Å²) in [6.45, 7) is 1.74. The second kappa shape index (κ2) is 10.2. The van der Waals surface area contributed by atoms with E-state index in [9.17, 15) is 29.1 Å². The van der Waals surface area contributed by atoms with Crippen LogP contribution in [-0.4, -0.2) is 53.9 Å². The predicted octanol–water partition coefficient (Wildman–Crippen LogP) is 4.13. The highest BCUT2D eigenvalue weighted by atomic mass is 19.1. The van der Waals surface area contributed by atoms with E-state index in [1.165, 1.54) is 19.2 Å². The van der Waals surface area contributed by atoms with E-state index in [-0.39, 0.29) is 70.4 Å². The van der Waals surface area contributed by atoms with Crippen LogP contribution in [0.5, 0.6) is 11.5 Å². The number of nitrogens with zero attached hydrogens (tertiary/aromatic N) is 1. The summed E-state index contributed by atoms with van der Waals surface area (Å²) in [6, 6.07) is 4.65. The highest BCUT2D eigenvalue weighted by molar-refractivity contribution is 5.98. The molecule has 5 aliphatic carbocycles. The number of carboxylic acid groups (broad SMARTS) is 1. The Labute approximate surface area is 239 Å². The monoisotopic (exact) mass is 567 g/mol. The number of hydrogen-bond donors (Lipinski definition) is 3. The number of ether oxygens (including phenoxy) is 2. The van der Waals surface area contributed by atoms with E-state index in [0.717, 1.165) is 25.7 Å². The second-order valence-electron chi connectivity index (χ2n) is 13.2. The number of nitrogens with one attached hydrogen (secondary N) is 2. The van der Waals surface area contributed by atoms with Crippen molar-refractivity contribution in [2.75, 3.05) is 7.11 Å². The SMILES string of the molecule is COc1cc(C#N)c(O[C@H]2CC[C@@](C)(C(=O)O)CC2)cc1C(=O)N[C@@H]1[C@H]2CC[C@H](C2)[C@@H]1C(=O)NC1CC2(F)CCC12. The fourth-order valence-electron chi connectivity index (χ4n) is 8.15. The zero-order valence-electron chi connectivity index (χ0n) is 23.6. The molecule has 3 N–H and O–H groups in total. The van der Waals surface area contributed by atoms with Gasteiger partial charge in [-0.2, -0.15) is 5.26 Å². The molecule has 0 aromatic heterocycles. The molecule has 5 aliphatic rings. The molecule has 1 aromatic carbocycles. The van der Waals surface area contributed by atoms with Crippen molar-refractivity contribution < 1.29 is 33.4 Å². The Bertz CT molecular complexity index is 1300. The molecule has 2 amide bonds. The number of carboxylic acids is 1. The molecule has 7 atom stereocenters. The molecular formula is C31H38FN3O6. The van der Waals surface area contributed by atoms with E-state index in [0.29, 0.717) is 38.5 Å². The van der Waals surface area contributed by atoms with Crippen LogP contribution in [0.1, 0.15) is 87.1 Å². The zero-order valence-corrected chi connectivity index (χ0v) is 23.6. The number of benzene rings is 1. The summed E-state index contributed by atoms with van der Waals surface area (Å²) in [6.07, 6.45) is 6.21. The third-order valence-electron chi connectivity index (χ3n) is 10.9. The second-order valence-corrected chi connectivity index (χ2v) is 13.2. The topological polar surface area (TPSA) is 138 Å². The zero-order chi connectivity index (χ0) is 29.1.